The highest BCUT2D eigenvalue weighted by atomic mass is 32.1. The van der Waals surface area contributed by atoms with Crippen molar-refractivity contribution >= 4 is 39.7 Å². The summed E-state index contributed by atoms with van der Waals surface area (Å²) in [5.41, 5.74) is 3.54. The molecular formula is C23H17N3O4S2. The van der Waals surface area contributed by atoms with E-state index >= 15 is 0 Å². The molecule has 0 aliphatic carbocycles. The van der Waals surface area contributed by atoms with Crippen molar-refractivity contribution in [2.24, 2.45) is 0 Å². The minimum atomic E-state index is -0.475. The fourth-order valence-electron chi connectivity index (χ4n) is 3.29. The lowest BCUT2D eigenvalue weighted by atomic mass is 10.1. The standard InChI is InChI=1S/C23H17N3O4S2/c1-13-20-17(10-18(19-7-4-8-31-19)25-21(20)30-26-13)23(27)29-11-15-12-32-22(24-15)14-5-3-6-16(9-14)28-2/h3-10,12H,11H2,1-2H3. The quantitative estimate of drug-likeness (QED) is 0.296. The van der Waals surface area contributed by atoms with Gasteiger partial charge in [-0.25, -0.2) is 14.8 Å². The first kappa shape index (κ1) is 20.3. The first-order chi connectivity index (χ1) is 15.6. The maximum atomic E-state index is 13.0. The molecule has 0 N–H and O–H groups in total. The number of aryl methyl sites for hydroxylation is 1. The van der Waals surface area contributed by atoms with Crippen LogP contribution in [0.1, 0.15) is 21.7 Å². The number of thiazole rings is 1. The van der Waals surface area contributed by atoms with Crippen LogP contribution in [0.3, 0.4) is 0 Å². The van der Waals surface area contributed by atoms with E-state index in [1.165, 1.54) is 22.7 Å². The lowest BCUT2D eigenvalue weighted by Crippen LogP contribution is -2.07. The van der Waals surface area contributed by atoms with Crippen LogP contribution in [-0.4, -0.2) is 28.2 Å². The van der Waals surface area contributed by atoms with Gasteiger partial charge in [0.25, 0.3) is 5.71 Å². The number of aromatic nitrogens is 3. The molecule has 0 fully saturated rings. The maximum absolute atomic E-state index is 13.0. The van der Waals surface area contributed by atoms with Gasteiger partial charge in [0.15, 0.2) is 0 Å². The molecule has 0 radical (unpaired) electrons. The Hall–Kier alpha value is -3.56. The van der Waals surface area contributed by atoms with E-state index in [4.69, 9.17) is 14.0 Å². The molecule has 0 aliphatic rings. The van der Waals surface area contributed by atoms with Crippen LogP contribution in [0.4, 0.5) is 0 Å². The number of fused-ring (bicyclic) bond motifs is 1. The van der Waals surface area contributed by atoms with Gasteiger partial charge in [0.2, 0.25) is 0 Å². The zero-order chi connectivity index (χ0) is 22.1. The first-order valence-electron chi connectivity index (χ1n) is 9.69. The van der Waals surface area contributed by atoms with Gasteiger partial charge in [-0.15, -0.1) is 22.7 Å². The number of esters is 1. The van der Waals surface area contributed by atoms with Gasteiger partial charge in [0, 0.05) is 10.9 Å². The minimum Gasteiger partial charge on any atom is -0.497 e. The Morgan fingerprint density at radius 1 is 1.12 bits per heavy atom. The highest BCUT2D eigenvalue weighted by Crippen LogP contribution is 2.30. The number of pyridine rings is 1. The van der Waals surface area contributed by atoms with Crippen LogP contribution in [0, 0.1) is 6.92 Å². The molecule has 7 nitrogen and oxygen atoms in total. The molecule has 0 unspecified atom stereocenters. The Balaban J connectivity index is 1.39. The fourth-order valence-corrected chi connectivity index (χ4v) is 4.77. The third kappa shape index (κ3) is 3.88. The SMILES string of the molecule is COc1cccc(-c2nc(COC(=O)c3cc(-c4cccs4)nc4onc(C)c34)cs2)c1. The van der Waals surface area contributed by atoms with Gasteiger partial charge in [-0.2, -0.15) is 0 Å². The Bertz CT molecular complexity index is 1410. The molecule has 4 aromatic heterocycles. The second kappa shape index (κ2) is 8.52. The Labute approximate surface area is 191 Å². The zero-order valence-corrected chi connectivity index (χ0v) is 18.8. The normalized spacial score (nSPS) is 11.1. The van der Waals surface area contributed by atoms with E-state index in [9.17, 15) is 4.79 Å². The third-order valence-electron chi connectivity index (χ3n) is 4.83. The van der Waals surface area contributed by atoms with Crippen molar-refractivity contribution in [2.45, 2.75) is 13.5 Å². The number of carbonyl (C=O) groups is 1. The van der Waals surface area contributed by atoms with E-state index in [0.29, 0.717) is 33.7 Å². The average molecular weight is 464 g/mol. The lowest BCUT2D eigenvalue weighted by molar-refractivity contribution is 0.0470. The number of thiophene rings is 1. The molecule has 0 atom stereocenters. The Morgan fingerprint density at radius 2 is 2.03 bits per heavy atom. The molecular weight excluding hydrogens is 446 g/mol. The molecule has 4 heterocycles. The van der Waals surface area contributed by atoms with Gasteiger partial charge in [-0.05, 0) is 36.6 Å². The van der Waals surface area contributed by atoms with Crippen LogP contribution in [0.25, 0.3) is 32.2 Å². The van der Waals surface area contributed by atoms with E-state index < -0.39 is 5.97 Å². The van der Waals surface area contributed by atoms with Crippen LogP contribution < -0.4 is 4.74 Å². The minimum absolute atomic E-state index is 0.0573. The number of nitrogens with zero attached hydrogens (tertiary/aromatic N) is 3. The number of ether oxygens (including phenoxy) is 2. The van der Waals surface area contributed by atoms with Crippen molar-refractivity contribution in [3.05, 3.63) is 70.2 Å². The predicted octanol–water partition coefficient (Wildman–Crippen LogP) is 5.75. The number of rotatable bonds is 6. The number of methoxy groups -OCH3 is 1. The Morgan fingerprint density at radius 3 is 2.84 bits per heavy atom. The van der Waals surface area contributed by atoms with Crippen molar-refractivity contribution < 1.29 is 18.8 Å². The highest BCUT2D eigenvalue weighted by Gasteiger charge is 2.21. The summed E-state index contributed by atoms with van der Waals surface area (Å²) < 4.78 is 16.2. The molecule has 0 aliphatic heterocycles. The van der Waals surface area contributed by atoms with E-state index in [1.54, 1.807) is 20.1 Å². The van der Waals surface area contributed by atoms with Crippen molar-refractivity contribution in [3.8, 4) is 26.9 Å². The molecule has 0 saturated heterocycles. The van der Waals surface area contributed by atoms with E-state index in [-0.39, 0.29) is 6.61 Å². The van der Waals surface area contributed by atoms with Crippen molar-refractivity contribution in [1.82, 2.24) is 15.1 Å². The topological polar surface area (TPSA) is 87.3 Å². The van der Waals surface area contributed by atoms with Crippen LogP contribution in [-0.2, 0) is 11.3 Å². The Kier molecular flexibility index (Phi) is 5.42. The largest absolute Gasteiger partial charge is 0.497 e. The first-order valence-corrected chi connectivity index (χ1v) is 11.4. The van der Waals surface area contributed by atoms with Gasteiger partial charge >= 0.3 is 5.97 Å². The molecule has 9 heteroatoms. The molecule has 160 valence electrons. The van der Waals surface area contributed by atoms with E-state index in [2.05, 4.69) is 15.1 Å². The van der Waals surface area contributed by atoms with Crippen molar-refractivity contribution in [2.75, 3.05) is 7.11 Å². The zero-order valence-electron chi connectivity index (χ0n) is 17.2. The van der Waals surface area contributed by atoms with Crippen LogP contribution >= 0.6 is 22.7 Å². The fraction of sp³-hybridized carbons (Fsp3) is 0.130. The number of carbonyl (C=O) groups excluding carboxylic acids is 1. The van der Waals surface area contributed by atoms with E-state index in [1.807, 2.05) is 47.2 Å². The van der Waals surface area contributed by atoms with Gasteiger partial charge in [-0.3, -0.25) is 0 Å². The monoisotopic (exact) mass is 463 g/mol. The molecule has 1 aromatic carbocycles. The summed E-state index contributed by atoms with van der Waals surface area (Å²) in [6.07, 6.45) is 0. The highest BCUT2D eigenvalue weighted by molar-refractivity contribution is 7.13. The van der Waals surface area contributed by atoms with Crippen molar-refractivity contribution in [1.29, 1.82) is 0 Å². The van der Waals surface area contributed by atoms with Gasteiger partial charge in [-0.1, -0.05) is 23.4 Å². The summed E-state index contributed by atoms with van der Waals surface area (Å²) in [4.78, 5) is 23.0. The van der Waals surface area contributed by atoms with Crippen LogP contribution in [0.2, 0.25) is 0 Å². The van der Waals surface area contributed by atoms with E-state index in [0.717, 1.165) is 21.2 Å². The van der Waals surface area contributed by atoms with Gasteiger partial charge in [0.05, 0.1) is 40.0 Å². The molecule has 5 rings (SSSR count). The van der Waals surface area contributed by atoms with Crippen LogP contribution in [0.15, 0.2) is 57.7 Å². The molecule has 0 spiro atoms. The molecule has 0 bridgehead atoms. The maximum Gasteiger partial charge on any atom is 0.339 e. The molecule has 0 amide bonds. The number of hydrogen-bond donors (Lipinski definition) is 0. The summed E-state index contributed by atoms with van der Waals surface area (Å²) in [6.45, 7) is 1.83. The average Bonchev–Trinajstić information content (AvgIpc) is 3.58. The predicted molar refractivity (Wildman–Crippen MR) is 123 cm³/mol. The van der Waals surface area contributed by atoms with Crippen molar-refractivity contribution in [3.63, 3.8) is 0 Å². The third-order valence-corrected chi connectivity index (χ3v) is 6.66. The summed E-state index contributed by atoms with van der Waals surface area (Å²) >= 11 is 3.02. The molecule has 5 aromatic rings. The van der Waals surface area contributed by atoms with Gasteiger partial charge < -0.3 is 14.0 Å². The second-order valence-electron chi connectivity index (χ2n) is 6.93. The number of benzene rings is 1. The summed E-state index contributed by atoms with van der Waals surface area (Å²) in [7, 11) is 1.63. The summed E-state index contributed by atoms with van der Waals surface area (Å²) in [6, 6.07) is 13.3. The molecule has 32 heavy (non-hydrogen) atoms. The van der Waals surface area contributed by atoms with Crippen LogP contribution in [0.5, 0.6) is 5.75 Å². The smallest absolute Gasteiger partial charge is 0.339 e. The molecule has 0 saturated carbocycles. The second-order valence-corrected chi connectivity index (χ2v) is 8.74. The van der Waals surface area contributed by atoms with Gasteiger partial charge in [0.1, 0.15) is 17.4 Å². The summed E-state index contributed by atoms with van der Waals surface area (Å²) in [5, 5.41) is 9.19. The lowest BCUT2D eigenvalue weighted by Gasteiger charge is -2.06. The number of hydrogen-bond acceptors (Lipinski definition) is 9. The summed E-state index contributed by atoms with van der Waals surface area (Å²) in [5.74, 6) is 0.287.